The summed E-state index contributed by atoms with van der Waals surface area (Å²) >= 11 is 0. The van der Waals surface area contributed by atoms with Crippen molar-refractivity contribution in [3.63, 3.8) is 0 Å². The van der Waals surface area contributed by atoms with Gasteiger partial charge in [-0.05, 0) is 43.7 Å². The third kappa shape index (κ3) is 5.80. The van der Waals surface area contributed by atoms with Crippen LogP contribution in [0.4, 0.5) is 5.69 Å². The highest BCUT2D eigenvalue weighted by Gasteiger charge is 2.20. The van der Waals surface area contributed by atoms with Crippen LogP contribution in [0.1, 0.15) is 42.2 Å². The Kier molecular flexibility index (Phi) is 7.50. The summed E-state index contributed by atoms with van der Waals surface area (Å²) in [7, 11) is 0. The molecule has 2 rings (SSSR count). The molecule has 0 aliphatic heterocycles. The number of nitrogens with zero attached hydrogens (tertiary/aromatic N) is 1. The number of nitro benzene ring substituents is 1. The molecule has 0 bridgehead atoms. The van der Waals surface area contributed by atoms with E-state index in [4.69, 9.17) is 9.47 Å². The van der Waals surface area contributed by atoms with Crippen molar-refractivity contribution in [3.05, 3.63) is 69.8 Å². The van der Waals surface area contributed by atoms with Gasteiger partial charge in [-0.2, -0.15) is 0 Å². The number of hydrogen-bond donors (Lipinski definition) is 1. The number of amides is 1. The second kappa shape index (κ2) is 10.1. The van der Waals surface area contributed by atoms with Gasteiger partial charge in [0.25, 0.3) is 11.6 Å². The molecule has 8 heteroatoms. The van der Waals surface area contributed by atoms with Crippen LogP contribution < -0.4 is 10.1 Å². The second-order valence-electron chi connectivity index (χ2n) is 5.84. The molecule has 0 aliphatic carbocycles. The molecule has 0 fully saturated rings. The van der Waals surface area contributed by atoms with Crippen LogP contribution in [-0.4, -0.2) is 30.0 Å². The van der Waals surface area contributed by atoms with Crippen molar-refractivity contribution in [1.82, 2.24) is 5.32 Å². The maximum absolute atomic E-state index is 12.6. The molecule has 2 aromatic carbocycles. The molecule has 1 N–H and O–H groups in total. The Morgan fingerprint density at radius 1 is 1.04 bits per heavy atom. The van der Waals surface area contributed by atoms with Gasteiger partial charge in [-0.15, -0.1) is 0 Å². The first-order chi connectivity index (χ1) is 13.4. The van der Waals surface area contributed by atoms with Crippen LogP contribution in [0.5, 0.6) is 5.75 Å². The number of benzene rings is 2. The number of rotatable bonds is 9. The molecule has 1 atom stereocenters. The summed E-state index contributed by atoms with van der Waals surface area (Å²) in [4.78, 5) is 34.7. The third-order valence-electron chi connectivity index (χ3n) is 3.92. The molecule has 0 spiro atoms. The molecule has 0 radical (unpaired) electrons. The summed E-state index contributed by atoms with van der Waals surface area (Å²) in [5.74, 6) is -0.203. The number of non-ortho nitro benzene ring substituents is 1. The van der Waals surface area contributed by atoms with Crippen LogP contribution in [0.15, 0.2) is 48.5 Å². The van der Waals surface area contributed by atoms with Crippen LogP contribution in [0.2, 0.25) is 0 Å². The lowest BCUT2D eigenvalue weighted by Gasteiger charge is -2.19. The van der Waals surface area contributed by atoms with Gasteiger partial charge in [-0.25, -0.2) is 0 Å². The van der Waals surface area contributed by atoms with Crippen molar-refractivity contribution < 1.29 is 24.0 Å². The fourth-order valence-electron chi connectivity index (χ4n) is 2.58. The minimum atomic E-state index is -0.614. The molecule has 0 aliphatic rings. The lowest BCUT2D eigenvalue weighted by molar-refractivity contribution is -0.384. The Balaban J connectivity index is 2.19. The number of hydrogen-bond acceptors (Lipinski definition) is 6. The van der Waals surface area contributed by atoms with Crippen molar-refractivity contribution in [3.8, 4) is 5.75 Å². The van der Waals surface area contributed by atoms with E-state index in [0.717, 1.165) is 0 Å². The topological polar surface area (TPSA) is 108 Å². The summed E-state index contributed by atoms with van der Waals surface area (Å²) < 4.78 is 10.4. The smallest absolute Gasteiger partial charge is 0.308 e. The summed E-state index contributed by atoms with van der Waals surface area (Å²) in [5, 5.41) is 13.5. The van der Waals surface area contributed by atoms with Crippen molar-refractivity contribution in [2.24, 2.45) is 0 Å². The predicted molar refractivity (Wildman–Crippen MR) is 102 cm³/mol. The van der Waals surface area contributed by atoms with Gasteiger partial charge in [-0.3, -0.25) is 19.7 Å². The molecule has 0 aromatic heterocycles. The minimum absolute atomic E-state index is 0.0411. The molecule has 2 aromatic rings. The van der Waals surface area contributed by atoms with Crippen molar-refractivity contribution in [1.29, 1.82) is 0 Å². The Morgan fingerprint density at radius 2 is 1.68 bits per heavy atom. The van der Waals surface area contributed by atoms with Crippen LogP contribution in [0, 0.1) is 10.1 Å². The molecule has 1 amide bonds. The van der Waals surface area contributed by atoms with Crippen molar-refractivity contribution in [2.75, 3.05) is 13.2 Å². The summed E-state index contributed by atoms with van der Waals surface area (Å²) in [6, 6.07) is 11.7. The average molecular weight is 386 g/mol. The predicted octanol–water partition coefficient (Wildman–Crippen LogP) is 3.42. The zero-order valence-electron chi connectivity index (χ0n) is 15.7. The van der Waals surface area contributed by atoms with E-state index >= 15 is 0 Å². The number of esters is 1. The highest BCUT2D eigenvalue weighted by atomic mass is 16.6. The molecular formula is C20H22N2O6. The Bertz CT molecular complexity index is 818. The largest absolute Gasteiger partial charge is 0.494 e. The number of carbonyl (C=O) groups is 2. The number of nitro groups is 1. The fraction of sp³-hybridized carbons (Fsp3) is 0.300. The van der Waals surface area contributed by atoms with Gasteiger partial charge in [0.1, 0.15) is 5.75 Å². The number of nitrogens with one attached hydrogen (secondary N) is 1. The number of ether oxygens (including phenoxy) is 2. The Hall–Kier alpha value is -3.42. The van der Waals surface area contributed by atoms with Gasteiger partial charge in [0, 0.05) is 17.7 Å². The van der Waals surface area contributed by atoms with E-state index in [0.29, 0.717) is 17.9 Å². The normalized spacial score (nSPS) is 11.4. The lowest BCUT2D eigenvalue weighted by atomic mass is 10.0. The quantitative estimate of drug-likeness (QED) is 0.402. The van der Waals surface area contributed by atoms with E-state index in [1.54, 1.807) is 31.2 Å². The molecule has 0 unspecified atom stereocenters. The van der Waals surface area contributed by atoms with Gasteiger partial charge in [0.05, 0.1) is 30.6 Å². The van der Waals surface area contributed by atoms with E-state index in [1.807, 2.05) is 6.92 Å². The monoisotopic (exact) mass is 386 g/mol. The maximum atomic E-state index is 12.6. The van der Waals surface area contributed by atoms with E-state index in [1.165, 1.54) is 24.3 Å². The standard InChI is InChI=1S/C20H22N2O6/c1-3-27-17-11-7-14(8-12-17)18(13-19(23)28-4-2)21-20(24)15-5-9-16(10-6-15)22(25)26/h5-12,18H,3-4,13H2,1-2H3,(H,21,24)/t18-/m1/s1. The van der Waals surface area contributed by atoms with Crippen molar-refractivity contribution in [2.45, 2.75) is 26.3 Å². The van der Waals surface area contributed by atoms with Crippen LogP contribution in [0.25, 0.3) is 0 Å². The first kappa shape index (κ1) is 20.9. The number of carbonyl (C=O) groups excluding carboxylic acids is 2. The van der Waals surface area contributed by atoms with Gasteiger partial charge in [0.2, 0.25) is 0 Å². The van der Waals surface area contributed by atoms with Gasteiger partial charge < -0.3 is 14.8 Å². The summed E-state index contributed by atoms with van der Waals surface area (Å²) in [6.07, 6.45) is -0.0411. The average Bonchev–Trinajstić information content (AvgIpc) is 2.68. The molecule has 0 saturated carbocycles. The summed E-state index contributed by atoms with van der Waals surface area (Å²) in [5.41, 5.74) is 0.864. The molecule has 0 saturated heterocycles. The van der Waals surface area contributed by atoms with E-state index < -0.39 is 22.8 Å². The maximum Gasteiger partial charge on any atom is 0.308 e. The molecular weight excluding hydrogens is 364 g/mol. The molecule has 0 heterocycles. The minimum Gasteiger partial charge on any atom is -0.494 e. The van der Waals surface area contributed by atoms with E-state index in [-0.39, 0.29) is 24.3 Å². The van der Waals surface area contributed by atoms with E-state index in [2.05, 4.69) is 5.32 Å². The van der Waals surface area contributed by atoms with Crippen LogP contribution in [0.3, 0.4) is 0 Å². The summed E-state index contributed by atoms with van der Waals surface area (Å²) in [6.45, 7) is 4.36. The third-order valence-corrected chi connectivity index (χ3v) is 3.92. The van der Waals surface area contributed by atoms with Gasteiger partial charge in [-0.1, -0.05) is 12.1 Å². The molecule has 148 valence electrons. The SMILES string of the molecule is CCOC(=O)C[C@@H](NC(=O)c1ccc([N+](=O)[O-])cc1)c1ccc(OCC)cc1. The van der Waals surface area contributed by atoms with Crippen LogP contribution in [-0.2, 0) is 9.53 Å². The zero-order chi connectivity index (χ0) is 20.5. The second-order valence-corrected chi connectivity index (χ2v) is 5.84. The molecule has 8 nitrogen and oxygen atoms in total. The van der Waals surface area contributed by atoms with Crippen LogP contribution >= 0.6 is 0 Å². The first-order valence-electron chi connectivity index (χ1n) is 8.88. The van der Waals surface area contributed by atoms with E-state index in [9.17, 15) is 19.7 Å². The molecule has 28 heavy (non-hydrogen) atoms. The first-order valence-corrected chi connectivity index (χ1v) is 8.88. The lowest BCUT2D eigenvalue weighted by Crippen LogP contribution is -2.30. The van der Waals surface area contributed by atoms with Gasteiger partial charge in [0.15, 0.2) is 0 Å². The highest BCUT2D eigenvalue weighted by Crippen LogP contribution is 2.22. The fourth-order valence-corrected chi connectivity index (χ4v) is 2.58. The highest BCUT2D eigenvalue weighted by molar-refractivity contribution is 5.95. The van der Waals surface area contributed by atoms with Gasteiger partial charge >= 0.3 is 5.97 Å². The Morgan fingerprint density at radius 3 is 2.21 bits per heavy atom. The van der Waals surface area contributed by atoms with Crippen molar-refractivity contribution >= 4 is 17.6 Å². The zero-order valence-corrected chi connectivity index (χ0v) is 15.7. The Labute approximate surface area is 162 Å².